The molecule has 2 aromatic heterocycles. The zero-order valence-electron chi connectivity index (χ0n) is 10.2. The Morgan fingerprint density at radius 3 is 3.00 bits per heavy atom. The van der Waals surface area contributed by atoms with Gasteiger partial charge in [-0.1, -0.05) is 11.6 Å². The van der Waals surface area contributed by atoms with Crippen LogP contribution in [0.15, 0.2) is 18.6 Å². The van der Waals surface area contributed by atoms with Gasteiger partial charge in [-0.3, -0.25) is 0 Å². The van der Waals surface area contributed by atoms with Crippen LogP contribution in [-0.2, 0) is 23.2 Å². The largest absolute Gasteiger partial charge is 0.303 e. The van der Waals surface area contributed by atoms with E-state index >= 15 is 0 Å². The third kappa shape index (κ3) is 2.62. The molecule has 0 bridgehead atoms. The molecule has 106 valence electrons. The van der Waals surface area contributed by atoms with Gasteiger partial charge in [0.2, 0.25) is 5.13 Å². The second-order valence-corrected chi connectivity index (χ2v) is 6.99. The van der Waals surface area contributed by atoms with Gasteiger partial charge in [0.15, 0.2) is 0 Å². The van der Waals surface area contributed by atoms with Gasteiger partial charge in [0.05, 0.1) is 0 Å². The molecule has 0 unspecified atom stereocenters. The second kappa shape index (κ2) is 5.24. The molecule has 0 saturated heterocycles. The van der Waals surface area contributed by atoms with E-state index in [4.69, 9.17) is 11.6 Å². The van der Waals surface area contributed by atoms with E-state index in [1.54, 1.807) is 12.3 Å². The Morgan fingerprint density at radius 1 is 1.40 bits per heavy atom. The fraction of sp³-hybridized carbons (Fsp3) is 0.300. The maximum atomic E-state index is 12.3. The van der Waals surface area contributed by atoms with E-state index in [9.17, 15) is 8.42 Å². The number of nitrogens with one attached hydrogen (secondary N) is 1. The highest BCUT2D eigenvalue weighted by Gasteiger charge is 2.28. The lowest BCUT2D eigenvalue weighted by Crippen LogP contribution is -2.39. The van der Waals surface area contributed by atoms with Crippen LogP contribution in [0.4, 0.5) is 5.13 Å². The zero-order valence-corrected chi connectivity index (χ0v) is 12.5. The zero-order chi connectivity index (χ0) is 14.2. The summed E-state index contributed by atoms with van der Waals surface area (Å²) in [7, 11) is -3.63. The number of hydrogen-bond acceptors (Lipinski definition) is 6. The topological polar surface area (TPSA) is 88.1 Å². The molecule has 0 amide bonds. The summed E-state index contributed by atoms with van der Waals surface area (Å²) in [6, 6.07) is 1.79. The van der Waals surface area contributed by atoms with Crippen LogP contribution in [-0.4, -0.2) is 33.6 Å². The van der Waals surface area contributed by atoms with Crippen molar-refractivity contribution in [3.05, 3.63) is 34.9 Å². The predicted octanol–water partition coefficient (Wildman–Crippen LogP) is 1.30. The molecule has 1 N–H and O–H groups in total. The Hall–Kier alpha value is -1.29. The number of fused-ring (bicyclic) bond motifs is 1. The number of rotatable bonds is 3. The molecule has 3 rings (SSSR count). The first-order valence-corrected chi connectivity index (χ1v) is 8.32. The maximum absolute atomic E-state index is 12.3. The first-order valence-electron chi connectivity index (χ1n) is 5.73. The van der Waals surface area contributed by atoms with E-state index in [0.717, 1.165) is 22.7 Å². The summed E-state index contributed by atoms with van der Waals surface area (Å²) in [6.45, 7) is 0.623. The van der Waals surface area contributed by atoms with Crippen molar-refractivity contribution in [1.82, 2.24) is 18.6 Å². The summed E-state index contributed by atoms with van der Waals surface area (Å²) in [6.07, 6.45) is 3.42. The molecule has 1 aliphatic rings. The quantitative estimate of drug-likeness (QED) is 0.856. The fourth-order valence-corrected chi connectivity index (χ4v) is 4.09. The Kier molecular flexibility index (Phi) is 3.59. The average molecular weight is 332 g/mol. The smallest absolute Gasteiger partial charge is 0.244 e. The van der Waals surface area contributed by atoms with Crippen molar-refractivity contribution in [2.45, 2.75) is 13.0 Å². The Bertz CT molecular complexity index is 719. The SMILES string of the molecule is O=S(=O)(Nc1ncns1)N1CCc2c(ccnc2Cl)C1. The van der Waals surface area contributed by atoms with Crippen LogP contribution in [0, 0.1) is 0 Å². The number of hydrogen-bond donors (Lipinski definition) is 1. The van der Waals surface area contributed by atoms with E-state index < -0.39 is 10.2 Å². The van der Waals surface area contributed by atoms with Crippen LogP contribution in [0.5, 0.6) is 0 Å². The Balaban J connectivity index is 1.83. The number of aromatic nitrogens is 3. The molecule has 0 aromatic carbocycles. The highest BCUT2D eigenvalue weighted by atomic mass is 35.5. The van der Waals surface area contributed by atoms with Crippen molar-refractivity contribution in [2.24, 2.45) is 0 Å². The highest BCUT2D eigenvalue weighted by Crippen LogP contribution is 2.26. The molecule has 2 aromatic rings. The lowest BCUT2D eigenvalue weighted by molar-refractivity contribution is 0.394. The first-order chi connectivity index (χ1) is 9.56. The summed E-state index contributed by atoms with van der Waals surface area (Å²) in [5.74, 6) is 0. The molecule has 10 heteroatoms. The van der Waals surface area contributed by atoms with Gasteiger partial charge in [-0.15, -0.1) is 0 Å². The van der Waals surface area contributed by atoms with Crippen molar-refractivity contribution in [2.75, 3.05) is 11.3 Å². The molecule has 0 spiro atoms. The van der Waals surface area contributed by atoms with Gasteiger partial charge in [0.25, 0.3) is 0 Å². The molecule has 0 saturated carbocycles. The lowest BCUT2D eigenvalue weighted by Gasteiger charge is -2.27. The van der Waals surface area contributed by atoms with Gasteiger partial charge in [-0.25, -0.2) is 14.7 Å². The van der Waals surface area contributed by atoms with Gasteiger partial charge in [-0.2, -0.15) is 17.1 Å². The number of halogens is 1. The molecule has 3 heterocycles. The number of pyridine rings is 1. The molecule has 0 fully saturated rings. The predicted molar refractivity (Wildman–Crippen MR) is 75.8 cm³/mol. The third-order valence-electron chi connectivity index (χ3n) is 2.98. The molecule has 1 aliphatic heterocycles. The van der Waals surface area contributed by atoms with Gasteiger partial charge >= 0.3 is 10.2 Å². The van der Waals surface area contributed by atoms with E-state index in [-0.39, 0.29) is 11.7 Å². The average Bonchev–Trinajstić information content (AvgIpc) is 2.91. The van der Waals surface area contributed by atoms with Crippen molar-refractivity contribution < 1.29 is 8.42 Å². The van der Waals surface area contributed by atoms with Gasteiger partial charge < -0.3 is 0 Å². The summed E-state index contributed by atoms with van der Waals surface area (Å²) < 4.78 is 32.0. The van der Waals surface area contributed by atoms with Crippen LogP contribution in [0.1, 0.15) is 11.1 Å². The fourth-order valence-electron chi connectivity index (χ4n) is 2.02. The van der Waals surface area contributed by atoms with Crippen molar-refractivity contribution in [1.29, 1.82) is 0 Å². The molecular formula is C10H10ClN5O2S2. The molecule has 0 atom stereocenters. The van der Waals surface area contributed by atoms with Gasteiger partial charge in [0.1, 0.15) is 11.5 Å². The minimum atomic E-state index is -3.63. The number of anilines is 1. The molecule has 7 nitrogen and oxygen atoms in total. The van der Waals surface area contributed by atoms with Crippen molar-refractivity contribution in [3.63, 3.8) is 0 Å². The standard InChI is InChI=1S/C10H10ClN5O2S2/c11-9-8-2-4-16(5-7(8)1-3-12-9)20(17,18)15-10-13-6-14-19-10/h1,3,6H,2,4-5H2,(H,13,14,15). The molecule has 0 radical (unpaired) electrons. The van der Waals surface area contributed by atoms with Crippen LogP contribution in [0.25, 0.3) is 0 Å². The highest BCUT2D eigenvalue weighted by molar-refractivity contribution is 7.90. The van der Waals surface area contributed by atoms with E-state index in [1.807, 2.05) is 0 Å². The minimum absolute atomic E-state index is 0.253. The van der Waals surface area contributed by atoms with E-state index in [2.05, 4.69) is 19.1 Å². The summed E-state index contributed by atoms with van der Waals surface area (Å²) >= 11 is 7.00. The van der Waals surface area contributed by atoms with Crippen LogP contribution < -0.4 is 4.72 Å². The molecule has 20 heavy (non-hydrogen) atoms. The van der Waals surface area contributed by atoms with Crippen molar-refractivity contribution >= 4 is 38.5 Å². The third-order valence-corrected chi connectivity index (χ3v) is 5.45. The molecule has 0 aliphatic carbocycles. The van der Waals surface area contributed by atoms with Crippen LogP contribution in [0.3, 0.4) is 0 Å². The van der Waals surface area contributed by atoms with Crippen LogP contribution >= 0.6 is 23.1 Å². The summed E-state index contributed by atoms with van der Waals surface area (Å²) in [4.78, 5) is 7.82. The summed E-state index contributed by atoms with van der Waals surface area (Å²) in [5, 5.41) is 0.695. The molecular weight excluding hydrogens is 322 g/mol. The maximum Gasteiger partial charge on any atom is 0.303 e. The second-order valence-electron chi connectivity index (χ2n) is 4.18. The van der Waals surface area contributed by atoms with E-state index in [1.165, 1.54) is 10.6 Å². The monoisotopic (exact) mass is 331 g/mol. The lowest BCUT2D eigenvalue weighted by atomic mass is 10.0. The van der Waals surface area contributed by atoms with E-state index in [0.29, 0.717) is 18.1 Å². The first kappa shape index (κ1) is 13.7. The summed E-state index contributed by atoms with van der Waals surface area (Å²) in [5.41, 5.74) is 1.79. The normalized spacial score (nSPS) is 15.8. The Morgan fingerprint density at radius 2 is 2.25 bits per heavy atom. The van der Waals surface area contributed by atoms with Crippen LogP contribution in [0.2, 0.25) is 5.15 Å². The van der Waals surface area contributed by atoms with Crippen molar-refractivity contribution in [3.8, 4) is 0 Å². The van der Waals surface area contributed by atoms with Gasteiger partial charge in [-0.05, 0) is 23.6 Å². The van der Waals surface area contributed by atoms with Gasteiger partial charge in [0, 0.05) is 30.8 Å². The minimum Gasteiger partial charge on any atom is -0.244 e. The Labute approximate surface area is 125 Å². The number of nitrogens with zero attached hydrogens (tertiary/aromatic N) is 4.